The molecule has 1 aromatic carbocycles. The number of hydrogen-bond donors (Lipinski definition) is 0. The maximum absolute atomic E-state index is 12.3. The molecule has 23 heavy (non-hydrogen) atoms. The summed E-state index contributed by atoms with van der Waals surface area (Å²) in [6.45, 7) is 4.51. The molecule has 124 valence electrons. The zero-order valence-electron chi connectivity index (χ0n) is 13.4. The molecule has 0 amide bonds. The molecular weight excluding hydrogens is 296 g/mol. The molecule has 1 saturated heterocycles. The van der Waals surface area contributed by atoms with Crippen molar-refractivity contribution in [2.24, 2.45) is 5.92 Å². The van der Waals surface area contributed by atoms with Gasteiger partial charge in [0, 0.05) is 49.5 Å². The largest absolute Gasteiger partial charge is 0.302 e. The van der Waals surface area contributed by atoms with Crippen LogP contribution in [0, 0.1) is 16.0 Å². The van der Waals surface area contributed by atoms with Crippen LogP contribution in [0.4, 0.5) is 5.69 Å². The number of nitro groups is 1. The van der Waals surface area contributed by atoms with E-state index in [1.165, 1.54) is 24.3 Å². The molecule has 1 aliphatic rings. The first-order chi connectivity index (χ1) is 11.0. The van der Waals surface area contributed by atoms with Crippen LogP contribution in [-0.4, -0.2) is 41.0 Å². The highest BCUT2D eigenvalue weighted by Gasteiger charge is 2.29. The fourth-order valence-corrected chi connectivity index (χ4v) is 2.85. The van der Waals surface area contributed by atoms with Crippen LogP contribution < -0.4 is 0 Å². The van der Waals surface area contributed by atoms with Crippen molar-refractivity contribution in [3.05, 3.63) is 39.9 Å². The van der Waals surface area contributed by atoms with Crippen molar-refractivity contribution < 1.29 is 14.5 Å². The third-order valence-electron chi connectivity index (χ3n) is 4.27. The number of piperidine rings is 1. The first kappa shape index (κ1) is 17.3. The molecule has 1 heterocycles. The van der Waals surface area contributed by atoms with E-state index in [0.29, 0.717) is 18.5 Å². The predicted octanol–water partition coefficient (Wildman–Crippen LogP) is 2.86. The molecule has 1 atom stereocenters. The van der Waals surface area contributed by atoms with Gasteiger partial charge in [-0.1, -0.05) is 13.3 Å². The number of benzene rings is 1. The Morgan fingerprint density at radius 2 is 2.04 bits per heavy atom. The Morgan fingerprint density at radius 3 is 2.65 bits per heavy atom. The van der Waals surface area contributed by atoms with Gasteiger partial charge in [-0.2, -0.15) is 0 Å². The molecular formula is C17H22N2O4. The summed E-state index contributed by atoms with van der Waals surface area (Å²) in [6.07, 6.45) is 2.88. The first-order valence-electron chi connectivity index (χ1n) is 8.04. The van der Waals surface area contributed by atoms with Crippen molar-refractivity contribution >= 4 is 17.3 Å². The molecule has 0 aliphatic carbocycles. The SMILES string of the molecule is CCCCN1CCC(=O)C(CC(=O)c2ccc([N+](=O)[O-])cc2)C1. The Bertz CT molecular complexity index is 583. The molecule has 0 N–H and O–H groups in total. The number of likely N-dealkylation sites (tertiary alicyclic amines) is 1. The van der Waals surface area contributed by atoms with Crippen LogP contribution in [-0.2, 0) is 4.79 Å². The van der Waals surface area contributed by atoms with Gasteiger partial charge in [-0.15, -0.1) is 0 Å². The Kier molecular flexibility index (Phi) is 5.98. The lowest BCUT2D eigenvalue weighted by molar-refractivity contribution is -0.384. The van der Waals surface area contributed by atoms with Gasteiger partial charge in [0.25, 0.3) is 5.69 Å². The van der Waals surface area contributed by atoms with E-state index in [1.807, 2.05) is 0 Å². The number of rotatable bonds is 7. The normalized spacial score (nSPS) is 18.8. The lowest BCUT2D eigenvalue weighted by Gasteiger charge is -2.31. The van der Waals surface area contributed by atoms with Gasteiger partial charge in [-0.25, -0.2) is 0 Å². The maximum atomic E-state index is 12.3. The van der Waals surface area contributed by atoms with E-state index >= 15 is 0 Å². The van der Waals surface area contributed by atoms with Crippen molar-refractivity contribution in [1.82, 2.24) is 4.90 Å². The van der Waals surface area contributed by atoms with E-state index in [4.69, 9.17) is 0 Å². The van der Waals surface area contributed by atoms with E-state index in [2.05, 4.69) is 11.8 Å². The molecule has 0 radical (unpaired) electrons. The van der Waals surface area contributed by atoms with Crippen molar-refractivity contribution in [2.45, 2.75) is 32.6 Å². The standard InChI is InChI=1S/C17H22N2O4/c1-2-3-9-18-10-8-16(20)14(12-18)11-17(21)13-4-6-15(7-5-13)19(22)23/h4-7,14H,2-3,8-12H2,1H3. The Labute approximate surface area is 135 Å². The number of carbonyl (C=O) groups is 2. The van der Waals surface area contributed by atoms with E-state index in [9.17, 15) is 19.7 Å². The van der Waals surface area contributed by atoms with Gasteiger partial charge in [0.1, 0.15) is 5.78 Å². The lowest BCUT2D eigenvalue weighted by atomic mass is 9.89. The van der Waals surface area contributed by atoms with E-state index in [0.717, 1.165) is 25.9 Å². The second-order valence-corrected chi connectivity index (χ2v) is 6.00. The Hall–Kier alpha value is -2.08. The minimum Gasteiger partial charge on any atom is -0.302 e. The zero-order valence-corrected chi connectivity index (χ0v) is 13.4. The van der Waals surface area contributed by atoms with E-state index in [-0.39, 0.29) is 29.6 Å². The van der Waals surface area contributed by atoms with Gasteiger partial charge >= 0.3 is 0 Å². The van der Waals surface area contributed by atoms with Gasteiger partial charge in [0.15, 0.2) is 5.78 Å². The quantitative estimate of drug-likeness (QED) is 0.439. The molecule has 0 aromatic heterocycles. The van der Waals surface area contributed by atoms with Crippen LogP contribution in [0.3, 0.4) is 0 Å². The summed E-state index contributed by atoms with van der Waals surface area (Å²) >= 11 is 0. The fraction of sp³-hybridized carbons (Fsp3) is 0.529. The summed E-state index contributed by atoms with van der Waals surface area (Å²) < 4.78 is 0. The van der Waals surface area contributed by atoms with Crippen LogP contribution in [0.1, 0.15) is 43.0 Å². The summed E-state index contributed by atoms with van der Waals surface area (Å²) in [6, 6.07) is 5.57. The van der Waals surface area contributed by atoms with Gasteiger partial charge in [0.2, 0.25) is 0 Å². The smallest absolute Gasteiger partial charge is 0.269 e. The molecule has 1 aromatic rings. The number of ketones is 2. The average Bonchev–Trinajstić information content (AvgIpc) is 2.55. The number of carbonyl (C=O) groups excluding carboxylic acids is 2. The molecule has 1 fully saturated rings. The van der Waals surface area contributed by atoms with Crippen LogP contribution in [0.5, 0.6) is 0 Å². The second-order valence-electron chi connectivity index (χ2n) is 6.00. The monoisotopic (exact) mass is 318 g/mol. The van der Waals surface area contributed by atoms with Crippen LogP contribution in [0.25, 0.3) is 0 Å². The number of unbranched alkanes of at least 4 members (excludes halogenated alkanes) is 1. The van der Waals surface area contributed by atoms with Crippen molar-refractivity contribution in [1.29, 1.82) is 0 Å². The van der Waals surface area contributed by atoms with Crippen LogP contribution in [0.2, 0.25) is 0 Å². The van der Waals surface area contributed by atoms with Gasteiger partial charge in [0.05, 0.1) is 4.92 Å². The summed E-state index contributed by atoms with van der Waals surface area (Å²) in [5, 5.41) is 10.6. The maximum Gasteiger partial charge on any atom is 0.269 e. The van der Waals surface area contributed by atoms with Gasteiger partial charge in [-0.3, -0.25) is 19.7 Å². The Balaban J connectivity index is 1.97. The minimum absolute atomic E-state index is 0.0407. The Morgan fingerprint density at radius 1 is 1.35 bits per heavy atom. The summed E-state index contributed by atoms with van der Waals surface area (Å²) in [4.78, 5) is 36.8. The van der Waals surface area contributed by atoms with E-state index < -0.39 is 4.92 Å². The number of non-ortho nitro benzene ring substituents is 1. The third kappa shape index (κ3) is 4.69. The number of hydrogen-bond acceptors (Lipinski definition) is 5. The molecule has 6 heteroatoms. The fourth-order valence-electron chi connectivity index (χ4n) is 2.85. The topological polar surface area (TPSA) is 80.5 Å². The summed E-state index contributed by atoms with van der Waals surface area (Å²) in [7, 11) is 0. The number of Topliss-reactive ketones (excluding diaryl/α,β-unsaturated/α-hetero) is 2. The molecule has 0 spiro atoms. The average molecular weight is 318 g/mol. The van der Waals surface area contributed by atoms with Crippen molar-refractivity contribution in [2.75, 3.05) is 19.6 Å². The molecule has 1 aliphatic heterocycles. The van der Waals surface area contributed by atoms with Crippen molar-refractivity contribution in [3.63, 3.8) is 0 Å². The second kappa shape index (κ2) is 7.97. The highest BCUT2D eigenvalue weighted by molar-refractivity contribution is 5.99. The minimum atomic E-state index is -0.496. The summed E-state index contributed by atoms with van der Waals surface area (Å²) in [5.41, 5.74) is 0.384. The molecule has 6 nitrogen and oxygen atoms in total. The molecule has 2 rings (SSSR count). The van der Waals surface area contributed by atoms with Crippen molar-refractivity contribution in [3.8, 4) is 0 Å². The van der Waals surface area contributed by atoms with Crippen LogP contribution in [0.15, 0.2) is 24.3 Å². The lowest BCUT2D eigenvalue weighted by Crippen LogP contribution is -2.42. The molecule has 0 bridgehead atoms. The molecule has 0 saturated carbocycles. The van der Waals surface area contributed by atoms with Gasteiger partial charge < -0.3 is 4.90 Å². The van der Waals surface area contributed by atoms with E-state index in [1.54, 1.807) is 0 Å². The third-order valence-corrected chi connectivity index (χ3v) is 4.27. The summed E-state index contributed by atoms with van der Waals surface area (Å²) in [5.74, 6) is -0.244. The zero-order chi connectivity index (χ0) is 16.8. The van der Waals surface area contributed by atoms with Crippen LogP contribution >= 0.6 is 0 Å². The number of nitro benzene ring substituents is 1. The highest BCUT2D eigenvalue weighted by Crippen LogP contribution is 2.20. The highest BCUT2D eigenvalue weighted by atomic mass is 16.6. The first-order valence-corrected chi connectivity index (χ1v) is 8.04. The predicted molar refractivity (Wildman–Crippen MR) is 86.5 cm³/mol. The number of nitrogens with zero attached hydrogens (tertiary/aromatic N) is 2. The molecule has 1 unspecified atom stereocenters. The van der Waals surface area contributed by atoms with Gasteiger partial charge in [-0.05, 0) is 25.1 Å².